The lowest BCUT2D eigenvalue weighted by atomic mass is 10.1. The molecule has 0 amide bonds. The Morgan fingerprint density at radius 3 is 2.69 bits per heavy atom. The molecular formula is C8H8F2N2O4. The van der Waals surface area contributed by atoms with Gasteiger partial charge in [-0.05, 0) is 0 Å². The van der Waals surface area contributed by atoms with E-state index in [1.54, 1.807) is 0 Å². The quantitative estimate of drug-likeness (QED) is 0.629. The summed E-state index contributed by atoms with van der Waals surface area (Å²) >= 11 is 0. The summed E-state index contributed by atoms with van der Waals surface area (Å²) in [6.45, 7) is -0.799. The SMILES string of the molecule is COc1ncc(C(F)F)c([N+](=O)[O-])c1CO. The third-order valence-corrected chi connectivity index (χ3v) is 1.91. The molecule has 6 nitrogen and oxygen atoms in total. The summed E-state index contributed by atoms with van der Waals surface area (Å²) in [7, 11) is 1.17. The Balaban J connectivity index is 3.50. The van der Waals surface area contributed by atoms with Gasteiger partial charge in [-0.2, -0.15) is 0 Å². The number of nitrogens with zero attached hydrogens (tertiary/aromatic N) is 2. The van der Waals surface area contributed by atoms with Gasteiger partial charge in [0.25, 0.3) is 12.1 Å². The fourth-order valence-corrected chi connectivity index (χ4v) is 1.24. The maximum Gasteiger partial charge on any atom is 0.290 e. The molecule has 1 aromatic heterocycles. The van der Waals surface area contributed by atoms with E-state index in [1.807, 2.05) is 0 Å². The second kappa shape index (κ2) is 4.79. The summed E-state index contributed by atoms with van der Waals surface area (Å²) in [6.07, 6.45) is -2.37. The molecule has 0 saturated carbocycles. The summed E-state index contributed by atoms with van der Waals surface area (Å²) in [6, 6.07) is 0. The van der Waals surface area contributed by atoms with Crippen LogP contribution in [0.4, 0.5) is 14.5 Å². The summed E-state index contributed by atoms with van der Waals surface area (Å²) in [5.74, 6) is -0.237. The number of methoxy groups -OCH3 is 1. The van der Waals surface area contributed by atoms with Gasteiger partial charge >= 0.3 is 0 Å². The van der Waals surface area contributed by atoms with E-state index in [-0.39, 0.29) is 11.4 Å². The average molecular weight is 234 g/mol. The largest absolute Gasteiger partial charge is 0.481 e. The molecule has 1 aromatic rings. The standard InChI is InChI=1S/C8H8F2N2O4/c1-16-8-5(3-13)6(12(14)15)4(2-11-8)7(9)10/h2,7,13H,3H2,1H3. The van der Waals surface area contributed by atoms with Crippen molar-refractivity contribution in [2.75, 3.05) is 7.11 Å². The van der Waals surface area contributed by atoms with Crippen LogP contribution < -0.4 is 4.74 Å². The van der Waals surface area contributed by atoms with Crippen LogP contribution in [0, 0.1) is 10.1 Å². The molecule has 1 rings (SSSR count). The first-order chi connectivity index (χ1) is 7.52. The first kappa shape index (κ1) is 12.2. The molecule has 1 N–H and O–H groups in total. The maximum absolute atomic E-state index is 12.5. The molecule has 0 bridgehead atoms. The van der Waals surface area contributed by atoms with Crippen molar-refractivity contribution in [2.24, 2.45) is 0 Å². The second-order valence-electron chi connectivity index (χ2n) is 2.77. The van der Waals surface area contributed by atoms with E-state index in [9.17, 15) is 18.9 Å². The van der Waals surface area contributed by atoms with Crippen molar-refractivity contribution in [3.63, 3.8) is 0 Å². The zero-order valence-corrected chi connectivity index (χ0v) is 8.18. The number of ether oxygens (including phenoxy) is 1. The highest BCUT2D eigenvalue weighted by atomic mass is 19.3. The Bertz CT molecular complexity index is 411. The Morgan fingerprint density at radius 2 is 2.31 bits per heavy atom. The Morgan fingerprint density at radius 1 is 1.69 bits per heavy atom. The Kier molecular flexibility index (Phi) is 3.67. The van der Waals surface area contributed by atoms with Gasteiger partial charge in [0.15, 0.2) is 0 Å². The number of aliphatic hydroxyl groups excluding tert-OH is 1. The summed E-state index contributed by atoms with van der Waals surface area (Å²) in [5, 5.41) is 19.6. The normalized spacial score (nSPS) is 10.6. The van der Waals surface area contributed by atoms with Crippen LogP contribution >= 0.6 is 0 Å². The van der Waals surface area contributed by atoms with Crippen LogP contribution in [0.15, 0.2) is 6.20 Å². The van der Waals surface area contributed by atoms with Crippen molar-refractivity contribution in [2.45, 2.75) is 13.0 Å². The van der Waals surface area contributed by atoms with Crippen molar-refractivity contribution in [1.82, 2.24) is 4.98 Å². The van der Waals surface area contributed by atoms with E-state index in [0.29, 0.717) is 6.20 Å². The lowest BCUT2D eigenvalue weighted by Gasteiger charge is -2.08. The van der Waals surface area contributed by atoms with Crippen molar-refractivity contribution in [1.29, 1.82) is 0 Å². The molecule has 8 heteroatoms. The van der Waals surface area contributed by atoms with E-state index in [2.05, 4.69) is 9.72 Å². The molecule has 88 valence electrons. The third kappa shape index (κ3) is 2.06. The minimum atomic E-state index is -3.04. The van der Waals surface area contributed by atoms with Gasteiger partial charge < -0.3 is 9.84 Å². The molecule has 0 fully saturated rings. The number of aliphatic hydroxyl groups is 1. The lowest BCUT2D eigenvalue weighted by molar-refractivity contribution is -0.387. The number of aromatic nitrogens is 1. The predicted octanol–water partition coefficient (Wildman–Crippen LogP) is 1.43. The van der Waals surface area contributed by atoms with Crippen LogP contribution in [0.5, 0.6) is 5.88 Å². The van der Waals surface area contributed by atoms with Gasteiger partial charge in [0.2, 0.25) is 5.88 Å². The van der Waals surface area contributed by atoms with Crippen LogP contribution in [0.3, 0.4) is 0 Å². The highest BCUT2D eigenvalue weighted by Crippen LogP contribution is 2.35. The van der Waals surface area contributed by atoms with Gasteiger partial charge in [0.1, 0.15) is 11.1 Å². The van der Waals surface area contributed by atoms with Crippen LogP contribution in [-0.4, -0.2) is 22.1 Å². The number of hydrogen-bond donors (Lipinski definition) is 1. The molecule has 0 aliphatic rings. The highest BCUT2D eigenvalue weighted by molar-refractivity contribution is 5.51. The van der Waals surface area contributed by atoms with Crippen LogP contribution in [0.2, 0.25) is 0 Å². The number of pyridine rings is 1. The predicted molar refractivity (Wildman–Crippen MR) is 48.3 cm³/mol. The fourth-order valence-electron chi connectivity index (χ4n) is 1.24. The zero-order chi connectivity index (χ0) is 12.3. The monoisotopic (exact) mass is 234 g/mol. The number of halogens is 2. The summed E-state index contributed by atoms with van der Waals surface area (Å²) in [5.41, 5.74) is -2.05. The minimum absolute atomic E-state index is 0.237. The molecule has 0 radical (unpaired) electrons. The number of alkyl halides is 2. The van der Waals surface area contributed by atoms with E-state index in [0.717, 1.165) is 0 Å². The van der Waals surface area contributed by atoms with Gasteiger partial charge in [-0.3, -0.25) is 10.1 Å². The number of rotatable bonds is 4. The highest BCUT2D eigenvalue weighted by Gasteiger charge is 2.29. The molecule has 0 aromatic carbocycles. The van der Waals surface area contributed by atoms with Crippen molar-refractivity contribution in [3.05, 3.63) is 27.4 Å². The van der Waals surface area contributed by atoms with Gasteiger partial charge in [0.05, 0.1) is 18.6 Å². The van der Waals surface area contributed by atoms with E-state index < -0.39 is 29.2 Å². The summed E-state index contributed by atoms with van der Waals surface area (Å²) < 4.78 is 29.6. The molecule has 16 heavy (non-hydrogen) atoms. The lowest BCUT2D eigenvalue weighted by Crippen LogP contribution is -2.05. The maximum atomic E-state index is 12.5. The van der Waals surface area contributed by atoms with Crippen LogP contribution in [0.25, 0.3) is 0 Å². The smallest absolute Gasteiger partial charge is 0.290 e. The van der Waals surface area contributed by atoms with Gasteiger partial charge in [-0.25, -0.2) is 13.8 Å². The molecule has 0 aliphatic heterocycles. The van der Waals surface area contributed by atoms with E-state index in [4.69, 9.17) is 5.11 Å². The first-order valence-corrected chi connectivity index (χ1v) is 4.12. The number of nitro groups is 1. The third-order valence-electron chi connectivity index (χ3n) is 1.91. The summed E-state index contributed by atoms with van der Waals surface area (Å²) in [4.78, 5) is 13.1. The molecule has 1 heterocycles. The van der Waals surface area contributed by atoms with Crippen molar-refractivity contribution in [3.8, 4) is 5.88 Å². The Labute approximate surface area is 88.6 Å². The van der Waals surface area contributed by atoms with E-state index in [1.165, 1.54) is 7.11 Å². The Hall–Kier alpha value is -1.83. The molecule has 0 spiro atoms. The first-order valence-electron chi connectivity index (χ1n) is 4.12. The number of hydrogen-bond acceptors (Lipinski definition) is 5. The van der Waals surface area contributed by atoms with Crippen LogP contribution in [0.1, 0.15) is 17.6 Å². The van der Waals surface area contributed by atoms with Crippen LogP contribution in [-0.2, 0) is 6.61 Å². The fraction of sp³-hybridized carbons (Fsp3) is 0.375. The van der Waals surface area contributed by atoms with Gasteiger partial charge in [-0.15, -0.1) is 0 Å². The van der Waals surface area contributed by atoms with Crippen molar-refractivity contribution < 1.29 is 23.5 Å². The topological polar surface area (TPSA) is 85.5 Å². The molecule has 0 atom stereocenters. The second-order valence-corrected chi connectivity index (χ2v) is 2.77. The molecule has 0 unspecified atom stereocenters. The average Bonchev–Trinajstić information content (AvgIpc) is 2.26. The zero-order valence-electron chi connectivity index (χ0n) is 8.18. The van der Waals surface area contributed by atoms with Gasteiger partial charge in [-0.1, -0.05) is 0 Å². The molecular weight excluding hydrogens is 226 g/mol. The van der Waals surface area contributed by atoms with Gasteiger partial charge in [0, 0.05) is 6.20 Å². The minimum Gasteiger partial charge on any atom is -0.481 e. The van der Waals surface area contributed by atoms with E-state index >= 15 is 0 Å². The van der Waals surface area contributed by atoms with Crippen molar-refractivity contribution >= 4 is 5.69 Å². The molecule has 0 saturated heterocycles. The molecule has 0 aliphatic carbocycles.